The van der Waals surface area contributed by atoms with Crippen LogP contribution in [0.3, 0.4) is 0 Å². The molecule has 8 nitrogen and oxygen atoms in total. The third-order valence-electron chi connectivity index (χ3n) is 3.54. The summed E-state index contributed by atoms with van der Waals surface area (Å²) in [6.07, 6.45) is 3.95. The van der Waals surface area contributed by atoms with Crippen molar-refractivity contribution in [2.24, 2.45) is 5.10 Å². The monoisotopic (exact) mass is 340 g/mol. The van der Waals surface area contributed by atoms with Gasteiger partial charge >= 0.3 is 5.69 Å². The number of allylic oxidation sites excluding steroid dienone is 1. The zero-order chi connectivity index (χ0) is 18.2. The minimum Gasteiger partial charge on any atom is -0.272 e. The first kappa shape index (κ1) is 17.8. The zero-order valence-electron chi connectivity index (χ0n) is 13.2. The molecule has 0 heterocycles. The van der Waals surface area contributed by atoms with Gasteiger partial charge < -0.3 is 0 Å². The molecule has 0 saturated carbocycles. The van der Waals surface area contributed by atoms with Crippen LogP contribution in [-0.4, -0.2) is 16.1 Å². The van der Waals surface area contributed by atoms with Crippen molar-refractivity contribution in [3.63, 3.8) is 0 Å². The smallest absolute Gasteiger partial charge is 0.272 e. The predicted molar refractivity (Wildman–Crippen MR) is 95.9 cm³/mol. The molecule has 128 valence electrons. The maximum absolute atomic E-state index is 11.0. The van der Waals surface area contributed by atoms with E-state index < -0.39 is 15.5 Å². The third-order valence-corrected chi connectivity index (χ3v) is 3.54. The van der Waals surface area contributed by atoms with Gasteiger partial charge in [-0.25, -0.2) is 0 Å². The van der Waals surface area contributed by atoms with E-state index in [0.29, 0.717) is 6.42 Å². The number of nitro groups is 2. The van der Waals surface area contributed by atoms with Gasteiger partial charge in [0.2, 0.25) is 0 Å². The highest BCUT2D eigenvalue weighted by Crippen LogP contribution is 2.29. The van der Waals surface area contributed by atoms with Gasteiger partial charge in [-0.1, -0.05) is 36.4 Å². The van der Waals surface area contributed by atoms with Crippen LogP contribution in [0.25, 0.3) is 0 Å². The average molecular weight is 340 g/mol. The number of rotatable bonds is 8. The maximum Gasteiger partial charge on any atom is 0.301 e. The summed E-state index contributed by atoms with van der Waals surface area (Å²) in [5.41, 5.74) is 2.98. The first-order valence-electron chi connectivity index (χ1n) is 7.40. The second kappa shape index (κ2) is 8.34. The fourth-order valence-electron chi connectivity index (χ4n) is 2.23. The maximum atomic E-state index is 11.0. The van der Waals surface area contributed by atoms with E-state index in [1.54, 1.807) is 12.3 Å². The highest BCUT2D eigenvalue weighted by molar-refractivity contribution is 5.67. The van der Waals surface area contributed by atoms with Crippen LogP contribution in [0, 0.1) is 20.2 Å². The molecule has 25 heavy (non-hydrogen) atoms. The zero-order valence-corrected chi connectivity index (χ0v) is 13.2. The molecule has 0 radical (unpaired) electrons. The van der Waals surface area contributed by atoms with Crippen molar-refractivity contribution < 1.29 is 9.85 Å². The van der Waals surface area contributed by atoms with Crippen LogP contribution in [0.15, 0.2) is 66.3 Å². The minimum absolute atomic E-state index is 0.0681. The number of nitro benzene ring substituents is 2. The van der Waals surface area contributed by atoms with Crippen molar-refractivity contribution in [1.29, 1.82) is 0 Å². The standard InChI is InChI=1S/C17H16N4O4/c1-2-13(14-6-4-3-5-7-14)10-11-18-19-16-9-8-15(20(22)23)12-17(16)21(24)25/h2-9,11-13,19H,1,10H2/b18-11+. The highest BCUT2D eigenvalue weighted by atomic mass is 16.6. The SMILES string of the molecule is C=CC(C/C=N/Nc1ccc([N+](=O)[O-])cc1[N+](=O)[O-])c1ccccc1. The summed E-state index contributed by atoms with van der Waals surface area (Å²) < 4.78 is 0. The van der Waals surface area contributed by atoms with Crippen molar-refractivity contribution in [1.82, 2.24) is 0 Å². The molecule has 0 bridgehead atoms. The Balaban J connectivity index is 2.07. The van der Waals surface area contributed by atoms with E-state index in [4.69, 9.17) is 0 Å². The third kappa shape index (κ3) is 4.71. The Labute approximate surface area is 143 Å². The Morgan fingerprint density at radius 2 is 1.84 bits per heavy atom. The molecule has 0 aliphatic heterocycles. The summed E-state index contributed by atoms with van der Waals surface area (Å²) in [6, 6.07) is 13.1. The average Bonchev–Trinajstić information content (AvgIpc) is 2.62. The van der Waals surface area contributed by atoms with Gasteiger partial charge in [0.1, 0.15) is 5.69 Å². The highest BCUT2D eigenvalue weighted by Gasteiger charge is 2.19. The normalized spacial score (nSPS) is 11.8. The molecule has 1 unspecified atom stereocenters. The van der Waals surface area contributed by atoms with Crippen LogP contribution < -0.4 is 5.43 Å². The number of hydrogen-bond donors (Lipinski definition) is 1. The number of anilines is 1. The van der Waals surface area contributed by atoms with Gasteiger partial charge in [-0.3, -0.25) is 25.7 Å². The number of nitrogens with zero attached hydrogens (tertiary/aromatic N) is 3. The Hall–Kier alpha value is -3.55. The number of benzene rings is 2. The predicted octanol–water partition coefficient (Wildman–Crippen LogP) is 4.26. The molecule has 0 spiro atoms. The molecule has 0 aromatic heterocycles. The molecule has 0 aliphatic rings. The summed E-state index contributed by atoms with van der Waals surface area (Å²) in [4.78, 5) is 20.4. The molecular formula is C17H16N4O4. The van der Waals surface area contributed by atoms with Crippen molar-refractivity contribution in [2.45, 2.75) is 12.3 Å². The summed E-state index contributed by atoms with van der Waals surface area (Å²) in [5.74, 6) is 0.0681. The number of hydrogen-bond acceptors (Lipinski definition) is 6. The summed E-state index contributed by atoms with van der Waals surface area (Å²) in [5, 5.41) is 25.7. The lowest BCUT2D eigenvalue weighted by Gasteiger charge is -2.09. The molecule has 1 N–H and O–H groups in total. The molecule has 8 heteroatoms. The van der Waals surface area contributed by atoms with Crippen molar-refractivity contribution in [2.75, 3.05) is 5.43 Å². The van der Waals surface area contributed by atoms with Gasteiger partial charge in [0.15, 0.2) is 0 Å². The number of nitrogens with one attached hydrogen (secondary N) is 1. The fraction of sp³-hybridized carbons (Fsp3) is 0.118. The lowest BCUT2D eigenvalue weighted by atomic mass is 9.97. The molecule has 2 aromatic carbocycles. The van der Waals surface area contributed by atoms with Gasteiger partial charge in [0.25, 0.3) is 5.69 Å². The van der Waals surface area contributed by atoms with Crippen molar-refractivity contribution >= 4 is 23.3 Å². The summed E-state index contributed by atoms with van der Waals surface area (Å²) in [6.45, 7) is 3.80. The molecule has 2 aromatic rings. The molecule has 2 rings (SSSR count). The number of hydrazone groups is 1. The van der Waals surface area contributed by atoms with E-state index in [2.05, 4.69) is 17.1 Å². The van der Waals surface area contributed by atoms with Crippen LogP contribution in [0.2, 0.25) is 0 Å². The summed E-state index contributed by atoms with van der Waals surface area (Å²) >= 11 is 0. The van der Waals surface area contributed by atoms with Crippen LogP contribution in [0.4, 0.5) is 17.1 Å². The lowest BCUT2D eigenvalue weighted by Crippen LogP contribution is -2.00. The first-order valence-corrected chi connectivity index (χ1v) is 7.40. The van der Waals surface area contributed by atoms with Crippen molar-refractivity contribution in [3.8, 4) is 0 Å². The van der Waals surface area contributed by atoms with E-state index in [1.807, 2.05) is 30.3 Å². The van der Waals surface area contributed by atoms with Gasteiger partial charge in [0.05, 0.1) is 15.9 Å². The Morgan fingerprint density at radius 1 is 1.12 bits per heavy atom. The molecular weight excluding hydrogens is 324 g/mol. The van der Waals surface area contributed by atoms with Gasteiger partial charge in [-0.2, -0.15) is 5.10 Å². The van der Waals surface area contributed by atoms with Crippen LogP contribution >= 0.6 is 0 Å². The minimum atomic E-state index is -0.693. The van der Waals surface area contributed by atoms with E-state index in [1.165, 1.54) is 12.1 Å². The van der Waals surface area contributed by atoms with Gasteiger partial charge in [-0.05, 0) is 18.1 Å². The largest absolute Gasteiger partial charge is 0.301 e. The quantitative estimate of drug-likeness (QED) is 0.334. The fourth-order valence-corrected chi connectivity index (χ4v) is 2.23. The Morgan fingerprint density at radius 3 is 2.44 bits per heavy atom. The molecule has 0 saturated heterocycles. The summed E-state index contributed by atoms with van der Waals surface area (Å²) in [7, 11) is 0. The molecule has 0 aliphatic carbocycles. The lowest BCUT2D eigenvalue weighted by molar-refractivity contribution is -0.393. The van der Waals surface area contributed by atoms with Crippen molar-refractivity contribution in [3.05, 3.63) is 87.0 Å². The molecule has 1 atom stereocenters. The molecule has 0 fully saturated rings. The van der Waals surface area contributed by atoms with Gasteiger partial charge in [0, 0.05) is 18.2 Å². The van der Waals surface area contributed by atoms with E-state index in [-0.39, 0.29) is 17.3 Å². The van der Waals surface area contributed by atoms with E-state index in [9.17, 15) is 20.2 Å². The molecule has 0 amide bonds. The Bertz CT molecular complexity index is 806. The van der Waals surface area contributed by atoms with E-state index >= 15 is 0 Å². The van der Waals surface area contributed by atoms with Gasteiger partial charge in [-0.15, -0.1) is 6.58 Å². The number of non-ortho nitro benzene ring substituents is 1. The van der Waals surface area contributed by atoms with Crippen LogP contribution in [-0.2, 0) is 0 Å². The second-order valence-corrected chi connectivity index (χ2v) is 5.13. The Kier molecular flexibility index (Phi) is 5.94. The second-order valence-electron chi connectivity index (χ2n) is 5.13. The topological polar surface area (TPSA) is 111 Å². The van der Waals surface area contributed by atoms with Crippen LogP contribution in [0.5, 0.6) is 0 Å². The first-order chi connectivity index (χ1) is 12.0. The van der Waals surface area contributed by atoms with Crippen LogP contribution in [0.1, 0.15) is 17.9 Å². The van der Waals surface area contributed by atoms with E-state index in [0.717, 1.165) is 11.6 Å².